The number of hydrogen-bond donors (Lipinski definition) is 0. The van der Waals surface area contributed by atoms with Gasteiger partial charge in [-0.15, -0.1) is 0 Å². The number of pyridine rings is 1. The molecule has 1 aromatic heterocycles. The van der Waals surface area contributed by atoms with Gasteiger partial charge in [0.1, 0.15) is 0 Å². The van der Waals surface area contributed by atoms with E-state index in [0.29, 0.717) is 5.02 Å². The van der Waals surface area contributed by atoms with Crippen molar-refractivity contribution in [2.45, 2.75) is 38.9 Å². The summed E-state index contributed by atoms with van der Waals surface area (Å²) in [6, 6.07) is 9.62. The summed E-state index contributed by atoms with van der Waals surface area (Å²) in [5, 5.41) is 0.686. The van der Waals surface area contributed by atoms with Crippen molar-refractivity contribution in [2.24, 2.45) is 0 Å². The van der Waals surface area contributed by atoms with Crippen molar-refractivity contribution >= 4 is 40.1 Å². The first-order valence-electron chi connectivity index (χ1n) is 7.47. The average molecular weight is 395 g/mol. The monoisotopic (exact) mass is 393 g/mol. The van der Waals surface area contributed by atoms with E-state index in [2.05, 4.69) is 20.9 Å². The lowest BCUT2D eigenvalue weighted by Gasteiger charge is -2.32. The van der Waals surface area contributed by atoms with Crippen LogP contribution < -0.4 is 5.46 Å². The molecule has 3 rings (SSSR count). The van der Waals surface area contributed by atoms with E-state index in [1.54, 1.807) is 6.20 Å². The fourth-order valence-corrected chi connectivity index (χ4v) is 3.19. The fourth-order valence-electron chi connectivity index (χ4n) is 2.41. The molecule has 1 saturated heterocycles. The molecular formula is C17H18BBrClNO2. The molecule has 0 atom stereocenters. The van der Waals surface area contributed by atoms with Gasteiger partial charge in [-0.05, 0) is 61.8 Å². The Morgan fingerprint density at radius 2 is 1.74 bits per heavy atom. The van der Waals surface area contributed by atoms with Gasteiger partial charge in [-0.25, -0.2) is 0 Å². The third-order valence-electron chi connectivity index (χ3n) is 4.49. The Kier molecular flexibility index (Phi) is 4.34. The molecule has 1 aliphatic heterocycles. The van der Waals surface area contributed by atoms with E-state index in [1.165, 1.54) is 0 Å². The quantitative estimate of drug-likeness (QED) is 0.705. The Bertz CT molecular complexity index is 735. The van der Waals surface area contributed by atoms with Gasteiger partial charge in [-0.1, -0.05) is 23.7 Å². The van der Waals surface area contributed by atoms with Crippen molar-refractivity contribution < 1.29 is 9.31 Å². The molecule has 0 aliphatic carbocycles. The molecule has 2 aromatic rings. The van der Waals surface area contributed by atoms with Crippen molar-refractivity contribution in [3.8, 4) is 11.3 Å². The van der Waals surface area contributed by atoms with Gasteiger partial charge in [-0.2, -0.15) is 0 Å². The first-order valence-corrected chi connectivity index (χ1v) is 8.64. The lowest BCUT2D eigenvalue weighted by molar-refractivity contribution is 0.00578. The molecule has 1 aliphatic rings. The molecule has 3 nitrogen and oxygen atoms in total. The van der Waals surface area contributed by atoms with E-state index < -0.39 is 7.12 Å². The Balaban J connectivity index is 1.92. The van der Waals surface area contributed by atoms with Crippen LogP contribution in [0, 0.1) is 0 Å². The van der Waals surface area contributed by atoms with Crippen LogP contribution in [0.25, 0.3) is 11.3 Å². The van der Waals surface area contributed by atoms with Crippen LogP contribution in [0.2, 0.25) is 5.02 Å². The highest BCUT2D eigenvalue weighted by atomic mass is 79.9. The van der Waals surface area contributed by atoms with E-state index in [0.717, 1.165) is 21.2 Å². The summed E-state index contributed by atoms with van der Waals surface area (Å²) >= 11 is 9.66. The molecular weight excluding hydrogens is 376 g/mol. The second kappa shape index (κ2) is 5.89. The first-order chi connectivity index (χ1) is 10.7. The minimum absolute atomic E-state index is 0.365. The Hall–Kier alpha value is -0.875. The van der Waals surface area contributed by atoms with Crippen LogP contribution in [0.15, 0.2) is 41.0 Å². The van der Waals surface area contributed by atoms with Crippen molar-refractivity contribution in [1.82, 2.24) is 4.98 Å². The van der Waals surface area contributed by atoms with E-state index in [9.17, 15) is 0 Å². The zero-order valence-electron chi connectivity index (χ0n) is 13.6. The minimum atomic E-state index is -0.419. The highest BCUT2D eigenvalue weighted by Gasteiger charge is 2.51. The van der Waals surface area contributed by atoms with Gasteiger partial charge >= 0.3 is 7.12 Å². The van der Waals surface area contributed by atoms with E-state index in [1.807, 2.05) is 58.0 Å². The molecule has 0 amide bonds. The molecule has 1 aromatic carbocycles. The predicted octanol–water partition coefficient (Wildman–Crippen LogP) is 4.46. The normalized spacial score (nSPS) is 19.1. The van der Waals surface area contributed by atoms with Crippen LogP contribution in [0.4, 0.5) is 0 Å². The maximum absolute atomic E-state index is 6.07. The highest BCUT2D eigenvalue weighted by Crippen LogP contribution is 2.37. The van der Waals surface area contributed by atoms with Crippen molar-refractivity contribution in [3.05, 3.63) is 46.0 Å². The number of benzene rings is 1. The van der Waals surface area contributed by atoms with Gasteiger partial charge < -0.3 is 9.31 Å². The summed E-state index contributed by atoms with van der Waals surface area (Å²) in [6.07, 6.45) is 1.79. The summed E-state index contributed by atoms with van der Waals surface area (Å²) in [5.74, 6) is 0. The van der Waals surface area contributed by atoms with Crippen LogP contribution in [0.1, 0.15) is 27.7 Å². The van der Waals surface area contributed by atoms with Gasteiger partial charge in [0.2, 0.25) is 0 Å². The maximum Gasteiger partial charge on any atom is 0.496 e. The SMILES string of the molecule is CC1(C)OB(c2cnc(-c3cccc(Cl)c3)c(Br)c2)OC1(C)C. The summed E-state index contributed by atoms with van der Waals surface area (Å²) in [7, 11) is -0.419. The van der Waals surface area contributed by atoms with Crippen LogP contribution in [-0.2, 0) is 9.31 Å². The molecule has 23 heavy (non-hydrogen) atoms. The molecule has 0 saturated carbocycles. The molecule has 6 heteroatoms. The average Bonchev–Trinajstić information content (AvgIpc) is 2.67. The predicted molar refractivity (Wildman–Crippen MR) is 98.1 cm³/mol. The third kappa shape index (κ3) is 3.20. The summed E-state index contributed by atoms with van der Waals surface area (Å²) < 4.78 is 13.0. The fraction of sp³-hybridized carbons (Fsp3) is 0.353. The van der Waals surface area contributed by atoms with Gasteiger partial charge in [0.05, 0.1) is 16.9 Å². The minimum Gasteiger partial charge on any atom is -0.399 e. The van der Waals surface area contributed by atoms with Crippen molar-refractivity contribution in [3.63, 3.8) is 0 Å². The lowest BCUT2D eigenvalue weighted by atomic mass is 9.80. The number of aromatic nitrogens is 1. The molecule has 120 valence electrons. The largest absolute Gasteiger partial charge is 0.496 e. The smallest absolute Gasteiger partial charge is 0.399 e. The number of halogens is 2. The molecule has 1 fully saturated rings. The molecule has 2 heterocycles. The lowest BCUT2D eigenvalue weighted by Crippen LogP contribution is -2.41. The van der Waals surface area contributed by atoms with Crippen LogP contribution in [-0.4, -0.2) is 23.3 Å². The van der Waals surface area contributed by atoms with Crippen molar-refractivity contribution in [2.75, 3.05) is 0 Å². The number of rotatable bonds is 2. The number of hydrogen-bond acceptors (Lipinski definition) is 3. The Morgan fingerprint density at radius 1 is 1.09 bits per heavy atom. The molecule has 0 radical (unpaired) electrons. The van der Waals surface area contributed by atoms with Crippen LogP contribution >= 0.6 is 27.5 Å². The van der Waals surface area contributed by atoms with Crippen LogP contribution in [0.3, 0.4) is 0 Å². The third-order valence-corrected chi connectivity index (χ3v) is 5.33. The standard InChI is InChI=1S/C17H18BBrClNO2/c1-16(2)17(3,4)23-18(22-16)12-9-14(19)15(21-10-12)11-6-5-7-13(20)8-11/h5-10H,1-4H3. The zero-order valence-corrected chi connectivity index (χ0v) is 15.9. The van der Waals surface area contributed by atoms with Gasteiger partial charge in [-0.3, -0.25) is 4.98 Å². The van der Waals surface area contributed by atoms with Gasteiger partial charge in [0.15, 0.2) is 0 Å². The first kappa shape index (κ1) is 17.0. The second-order valence-electron chi connectivity index (χ2n) is 6.70. The van der Waals surface area contributed by atoms with Crippen LogP contribution in [0.5, 0.6) is 0 Å². The molecule has 0 N–H and O–H groups in total. The van der Waals surface area contributed by atoms with Crippen molar-refractivity contribution in [1.29, 1.82) is 0 Å². The van der Waals surface area contributed by atoms with E-state index in [-0.39, 0.29) is 11.2 Å². The maximum atomic E-state index is 6.07. The molecule has 0 unspecified atom stereocenters. The molecule has 0 bridgehead atoms. The zero-order chi connectivity index (χ0) is 16.8. The summed E-state index contributed by atoms with van der Waals surface area (Å²) in [5.41, 5.74) is 1.96. The summed E-state index contributed by atoms with van der Waals surface area (Å²) in [6.45, 7) is 8.15. The summed E-state index contributed by atoms with van der Waals surface area (Å²) in [4.78, 5) is 4.56. The van der Waals surface area contributed by atoms with E-state index >= 15 is 0 Å². The number of nitrogens with zero attached hydrogens (tertiary/aromatic N) is 1. The highest BCUT2D eigenvalue weighted by molar-refractivity contribution is 9.10. The Labute approximate surface area is 150 Å². The second-order valence-corrected chi connectivity index (χ2v) is 7.99. The Morgan fingerprint density at radius 3 is 2.30 bits per heavy atom. The topological polar surface area (TPSA) is 31.4 Å². The molecule has 0 spiro atoms. The van der Waals surface area contributed by atoms with Gasteiger partial charge in [0.25, 0.3) is 0 Å². The van der Waals surface area contributed by atoms with E-state index in [4.69, 9.17) is 20.9 Å². The van der Waals surface area contributed by atoms with Gasteiger partial charge in [0, 0.05) is 26.7 Å².